The number of hydrogen-bond acceptors (Lipinski definition) is 2. The number of amides is 1. The Balaban J connectivity index is 1.88. The van der Waals surface area contributed by atoms with Crippen molar-refractivity contribution in [3.05, 3.63) is 30.1 Å². The van der Waals surface area contributed by atoms with Gasteiger partial charge in [0.1, 0.15) is 0 Å². The van der Waals surface area contributed by atoms with Crippen molar-refractivity contribution in [2.75, 3.05) is 0 Å². The lowest BCUT2D eigenvalue weighted by Gasteiger charge is -2.29. The molecule has 1 fully saturated rings. The van der Waals surface area contributed by atoms with Crippen LogP contribution < -0.4 is 5.32 Å². The molecule has 1 unspecified atom stereocenters. The number of nitrogens with zero attached hydrogens (tertiary/aromatic N) is 1. The number of carbonyl (C=O) groups excluding carboxylic acids is 1. The lowest BCUT2D eigenvalue weighted by Crippen LogP contribution is -2.41. The molecule has 1 aromatic rings. The minimum Gasteiger partial charge on any atom is -0.353 e. The van der Waals surface area contributed by atoms with Gasteiger partial charge < -0.3 is 5.32 Å². The van der Waals surface area contributed by atoms with E-state index in [0.717, 1.165) is 5.56 Å². The van der Waals surface area contributed by atoms with Crippen LogP contribution in [0.25, 0.3) is 0 Å². The zero-order valence-electron chi connectivity index (χ0n) is 10.9. The van der Waals surface area contributed by atoms with Gasteiger partial charge in [-0.1, -0.05) is 6.07 Å². The highest BCUT2D eigenvalue weighted by atomic mass is 19.3. The normalized spacial score (nSPS) is 20.8. The standard InChI is InChI=1S/C14H18F2N2O/c1-10(11-3-2-8-17-9-11)13(19)18-12-4-6-14(15,16)7-5-12/h2-3,8-10,12H,4-7H2,1H3,(H,18,19). The van der Waals surface area contributed by atoms with E-state index >= 15 is 0 Å². The SMILES string of the molecule is CC(C(=O)NC1CCC(F)(F)CC1)c1cccnc1. The number of nitrogens with one attached hydrogen (secondary N) is 1. The van der Waals surface area contributed by atoms with Crippen LogP contribution in [0.3, 0.4) is 0 Å². The third-order valence-electron chi connectivity index (χ3n) is 3.64. The summed E-state index contributed by atoms with van der Waals surface area (Å²) in [6, 6.07) is 3.48. The first-order valence-electron chi connectivity index (χ1n) is 6.56. The molecule has 0 aromatic carbocycles. The topological polar surface area (TPSA) is 42.0 Å². The minimum atomic E-state index is -2.56. The van der Waals surface area contributed by atoms with Crippen molar-refractivity contribution in [1.82, 2.24) is 10.3 Å². The summed E-state index contributed by atoms with van der Waals surface area (Å²) in [4.78, 5) is 16.0. The van der Waals surface area contributed by atoms with E-state index in [4.69, 9.17) is 0 Å². The van der Waals surface area contributed by atoms with Gasteiger partial charge >= 0.3 is 0 Å². The van der Waals surface area contributed by atoms with Gasteiger partial charge in [-0.2, -0.15) is 0 Å². The van der Waals surface area contributed by atoms with Gasteiger partial charge in [-0.05, 0) is 31.4 Å². The molecule has 1 aliphatic carbocycles. The van der Waals surface area contributed by atoms with Gasteiger partial charge in [0, 0.05) is 31.3 Å². The maximum Gasteiger partial charge on any atom is 0.248 e. The number of aromatic nitrogens is 1. The Labute approximate surface area is 111 Å². The molecule has 1 saturated carbocycles. The molecule has 1 aliphatic rings. The van der Waals surface area contributed by atoms with Crippen LogP contribution in [0.2, 0.25) is 0 Å². The average Bonchev–Trinajstić information content (AvgIpc) is 2.41. The fraction of sp³-hybridized carbons (Fsp3) is 0.571. The number of hydrogen-bond donors (Lipinski definition) is 1. The van der Waals surface area contributed by atoms with Crippen LogP contribution in [0.15, 0.2) is 24.5 Å². The van der Waals surface area contributed by atoms with Crippen molar-refractivity contribution in [2.45, 2.75) is 50.5 Å². The molecule has 3 nitrogen and oxygen atoms in total. The molecular formula is C14H18F2N2O. The van der Waals surface area contributed by atoms with Gasteiger partial charge in [-0.3, -0.25) is 9.78 Å². The number of pyridine rings is 1. The molecule has 1 heterocycles. The Bertz CT molecular complexity index is 426. The van der Waals surface area contributed by atoms with Gasteiger partial charge in [0.25, 0.3) is 0 Å². The molecule has 1 amide bonds. The molecule has 0 saturated heterocycles. The summed E-state index contributed by atoms with van der Waals surface area (Å²) in [7, 11) is 0. The zero-order chi connectivity index (χ0) is 13.9. The first-order chi connectivity index (χ1) is 8.98. The summed E-state index contributed by atoms with van der Waals surface area (Å²) in [5.74, 6) is -2.99. The number of halogens is 2. The van der Waals surface area contributed by atoms with E-state index in [9.17, 15) is 13.6 Å². The molecule has 5 heteroatoms. The number of alkyl halides is 2. The molecule has 1 N–H and O–H groups in total. The van der Waals surface area contributed by atoms with Crippen molar-refractivity contribution in [3.63, 3.8) is 0 Å². The van der Waals surface area contributed by atoms with E-state index in [1.807, 2.05) is 6.07 Å². The predicted molar refractivity (Wildman–Crippen MR) is 68.0 cm³/mol. The summed E-state index contributed by atoms with van der Waals surface area (Å²) >= 11 is 0. The second-order valence-electron chi connectivity index (χ2n) is 5.15. The molecule has 1 aromatic heterocycles. The lowest BCUT2D eigenvalue weighted by atomic mass is 9.91. The summed E-state index contributed by atoms with van der Waals surface area (Å²) in [5.41, 5.74) is 0.834. The molecule has 0 aliphatic heterocycles. The van der Waals surface area contributed by atoms with E-state index < -0.39 is 5.92 Å². The maximum absolute atomic E-state index is 13.0. The van der Waals surface area contributed by atoms with Crippen molar-refractivity contribution >= 4 is 5.91 Å². The Morgan fingerprint density at radius 2 is 2.16 bits per heavy atom. The smallest absolute Gasteiger partial charge is 0.248 e. The average molecular weight is 268 g/mol. The van der Waals surface area contributed by atoms with Crippen LogP contribution in [-0.2, 0) is 4.79 Å². The molecule has 104 valence electrons. The van der Waals surface area contributed by atoms with Gasteiger partial charge in [0.05, 0.1) is 5.92 Å². The molecule has 0 bridgehead atoms. The first kappa shape index (κ1) is 13.9. The van der Waals surface area contributed by atoms with Crippen molar-refractivity contribution < 1.29 is 13.6 Å². The summed E-state index contributed by atoms with van der Waals surface area (Å²) in [5, 5.41) is 2.85. The quantitative estimate of drug-likeness (QED) is 0.916. The van der Waals surface area contributed by atoms with E-state index in [-0.39, 0.29) is 30.7 Å². The second kappa shape index (κ2) is 5.63. The molecule has 2 rings (SSSR count). The van der Waals surface area contributed by atoms with Crippen molar-refractivity contribution in [1.29, 1.82) is 0 Å². The molecule has 19 heavy (non-hydrogen) atoms. The summed E-state index contributed by atoms with van der Waals surface area (Å²) in [6.07, 6.45) is 3.71. The van der Waals surface area contributed by atoms with Gasteiger partial charge in [-0.25, -0.2) is 8.78 Å². The molecular weight excluding hydrogens is 250 g/mol. The Hall–Kier alpha value is -1.52. The largest absolute Gasteiger partial charge is 0.353 e. The second-order valence-corrected chi connectivity index (χ2v) is 5.15. The molecule has 0 radical (unpaired) electrons. The maximum atomic E-state index is 13.0. The van der Waals surface area contributed by atoms with E-state index in [2.05, 4.69) is 10.3 Å². The lowest BCUT2D eigenvalue weighted by molar-refractivity contribution is -0.124. The Morgan fingerprint density at radius 1 is 1.47 bits per heavy atom. The predicted octanol–water partition coefficient (Wildman–Crippen LogP) is 2.88. The highest BCUT2D eigenvalue weighted by molar-refractivity contribution is 5.83. The van der Waals surface area contributed by atoms with Crippen LogP contribution in [0.4, 0.5) is 8.78 Å². The van der Waals surface area contributed by atoms with Gasteiger partial charge in [0.15, 0.2) is 0 Å². The first-order valence-corrected chi connectivity index (χ1v) is 6.56. The third kappa shape index (κ3) is 3.72. The highest BCUT2D eigenvalue weighted by Gasteiger charge is 2.35. The van der Waals surface area contributed by atoms with Crippen LogP contribution in [0.1, 0.15) is 44.1 Å². The molecule has 1 atom stereocenters. The monoisotopic (exact) mass is 268 g/mol. The summed E-state index contributed by atoms with van der Waals surface area (Å²) < 4.78 is 26.0. The van der Waals surface area contributed by atoms with Crippen LogP contribution >= 0.6 is 0 Å². The highest BCUT2D eigenvalue weighted by Crippen LogP contribution is 2.33. The van der Waals surface area contributed by atoms with Gasteiger partial charge in [0.2, 0.25) is 11.8 Å². The fourth-order valence-electron chi connectivity index (χ4n) is 2.29. The number of carbonyl (C=O) groups is 1. The Morgan fingerprint density at radius 3 is 2.74 bits per heavy atom. The van der Waals surface area contributed by atoms with E-state index in [1.165, 1.54) is 0 Å². The zero-order valence-corrected chi connectivity index (χ0v) is 10.9. The van der Waals surface area contributed by atoms with Crippen LogP contribution in [-0.4, -0.2) is 22.9 Å². The van der Waals surface area contributed by atoms with E-state index in [0.29, 0.717) is 12.8 Å². The molecule has 0 spiro atoms. The van der Waals surface area contributed by atoms with Crippen molar-refractivity contribution in [3.8, 4) is 0 Å². The van der Waals surface area contributed by atoms with Crippen LogP contribution in [0, 0.1) is 0 Å². The van der Waals surface area contributed by atoms with Crippen LogP contribution in [0.5, 0.6) is 0 Å². The minimum absolute atomic E-state index is 0.122. The number of rotatable bonds is 3. The van der Waals surface area contributed by atoms with E-state index in [1.54, 1.807) is 25.4 Å². The van der Waals surface area contributed by atoms with Gasteiger partial charge in [-0.15, -0.1) is 0 Å². The fourth-order valence-corrected chi connectivity index (χ4v) is 2.29. The third-order valence-corrected chi connectivity index (χ3v) is 3.64. The van der Waals surface area contributed by atoms with Crippen molar-refractivity contribution in [2.24, 2.45) is 0 Å². The Kier molecular flexibility index (Phi) is 4.12. The summed E-state index contributed by atoms with van der Waals surface area (Å²) in [6.45, 7) is 1.80.